The van der Waals surface area contributed by atoms with Crippen molar-refractivity contribution in [1.82, 2.24) is 10.3 Å². The van der Waals surface area contributed by atoms with Crippen LogP contribution < -0.4 is 5.32 Å². The third-order valence-electron chi connectivity index (χ3n) is 2.94. The number of amides is 1. The fraction of sp³-hybridized carbons (Fsp3) is 0.286. The SMILES string of the molecule is Cc1ccc(C(=O)NC(C)c2nccs2)cc1C. The van der Waals surface area contributed by atoms with Crippen molar-refractivity contribution in [1.29, 1.82) is 0 Å². The number of nitrogens with zero attached hydrogens (tertiary/aromatic N) is 1. The predicted molar refractivity (Wildman–Crippen MR) is 73.9 cm³/mol. The molecule has 4 heteroatoms. The number of carbonyl (C=O) groups is 1. The van der Waals surface area contributed by atoms with Crippen LogP contribution in [-0.4, -0.2) is 10.9 Å². The average Bonchev–Trinajstić information content (AvgIpc) is 2.86. The molecule has 0 aliphatic carbocycles. The number of rotatable bonds is 3. The number of hydrogen-bond donors (Lipinski definition) is 1. The highest BCUT2D eigenvalue weighted by atomic mass is 32.1. The molecule has 1 aromatic heterocycles. The van der Waals surface area contributed by atoms with E-state index in [1.807, 2.05) is 44.4 Å². The Morgan fingerprint density at radius 1 is 1.33 bits per heavy atom. The van der Waals surface area contributed by atoms with E-state index in [0.717, 1.165) is 10.6 Å². The molecule has 1 aromatic carbocycles. The van der Waals surface area contributed by atoms with Gasteiger partial charge in [-0.1, -0.05) is 6.07 Å². The van der Waals surface area contributed by atoms with Gasteiger partial charge in [0.15, 0.2) is 0 Å². The van der Waals surface area contributed by atoms with Gasteiger partial charge >= 0.3 is 0 Å². The van der Waals surface area contributed by atoms with Gasteiger partial charge in [-0.3, -0.25) is 4.79 Å². The molecule has 1 heterocycles. The van der Waals surface area contributed by atoms with E-state index in [9.17, 15) is 4.79 Å². The Hall–Kier alpha value is -1.68. The highest BCUT2D eigenvalue weighted by molar-refractivity contribution is 7.09. The smallest absolute Gasteiger partial charge is 0.251 e. The summed E-state index contributed by atoms with van der Waals surface area (Å²) in [6.45, 7) is 5.99. The van der Waals surface area contributed by atoms with Crippen LogP contribution in [0.5, 0.6) is 0 Å². The molecule has 0 radical (unpaired) electrons. The predicted octanol–water partition coefficient (Wildman–Crippen LogP) is 3.25. The van der Waals surface area contributed by atoms with Gasteiger partial charge in [-0.2, -0.15) is 0 Å². The number of benzene rings is 1. The summed E-state index contributed by atoms with van der Waals surface area (Å²) in [6.07, 6.45) is 1.75. The Morgan fingerprint density at radius 3 is 2.72 bits per heavy atom. The maximum atomic E-state index is 12.1. The zero-order chi connectivity index (χ0) is 13.1. The lowest BCUT2D eigenvalue weighted by molar-refractivity contribution is 0.0939. The van der Waals surface area contributed by atoms with Crippen LogP contribution in [0.15, 0.2) is 29.8 Å². The van der Waals surface area contributed by atoms with E-state index in [4.69, 9.17) is 0 Å². The summed E-state index contributed by atoms with van der Waals surface area (Å²) in [5, 5.41) is 5.79. The normalized spacial score (nSPS) is 12.2. The van der Waals surface area contributed by atoms with E-state index in [2.05, 4.69) is 10.3 Å². The maximum absolute atomic E-state index is 12.1. The van der Waals surface area contributed by atoms with Crippen molar-refractivity contribution in [2.24, 2.45) is 0 Å². The molecule has 2 rings (SSSR count). The van der Waals surface area contributed by atoms with Crippen LogP contribution in [0.1, 0.15) is 39.5 Å². The van der Waals surface area contributed by atoms with E-state index >= 15 is 0 Å². The Kier molecular flexibility index (Phi) is 3.77. The summed E-state index contributed by atoms with van der Waals surface area (Å²) in [5.41, 5.74) is 3.02. The van der Waals surface area contributed by atoms with Crippen molar-refractivity contribution in [3.05, 3.63) is 51.5 Å². The molecular formula is C14H16N2OS. The number of aryl methyl sites for hydroxylation is 2. The highest BCUT2D eigenvalue weighted by Gasteiger charge is 2.13. The van der Waals surface area contributed by atoms with Gasteiger partial charge < -0.3 is 5.32 Å². The summed E-state index contributed by atoms with van der Waals surface area (Å²) < 4.78 is 0. The molecule has 0 saturated heterocycles. The molecule has 18 heavy (non-hydrogen) atoms. The lowest BCUT2D eigenvalue weighted by atomic mass is 10.1. The summed E-state index contributed by atoms with van der Waals surface area (Å²) in [4.78, 5) is 16.3. The quantitative estimate of drug-likeness (QED) is 0.920. The van der Waals surface area contributed by atoms with Crippen LogP contribution in [0.2, 0.25) is 0 Å². The van der Waals surface area contributed by atoms with Crippen molar-refractivity contribution >= 4 is 17.2 Å². The summed E-state index contributed by atoms with van der Waals surface area (Å²) in [7, 11) is 0. The molecule has 2 aromatic rings. The summed E-state index contributed by atoms with van der Waals surface area (Å²) in [6, 6.07) is 5.68. The molecule has 1 N–H and O–H groups in total. The van der Waals surface area contributed by atoms with Crippen LogP contribution in [0.4, 0.5) is 0 Å². The van der Waals surface area contributed by atoms with Crippen LogP contribution >= 0.6 is 11.3 Å². The molecule has 0 spiro atoms. The average molecular weight is 260 g/mol. The van der Waals surface area contributed by atoms with Gasteiger partial charge in [0.1, 0.15) is 5.01 Å². The summed E-state index contributed by atoms with van der Waals surface area (Å²) in [5.74, 6) is -0.0548. The van der Waals surface area contributed by atoms with E-state index in [1.165, 1.54) is 5.56 Å². The molecule has 94 valence electrons. The minimum atomic E-state index is -0.0564. The Labute approximate surface area is 111 Å². The Bertz CT molecular complexity index is 549. The topological polar surface area (TPSA) is 42.0 Å². The molecular weight excluding hydrogens is 244 g/mol. The largest absolute Gasteiger partial charge is 0.343 e. The zero-order valence-corrected chi connectivity index (χ0v) is 11.5. The Morgan fingerprint density at radius 2 is 2.11 bits per heavy atom. The fourth-order valence-electron chi connectivity index (χ4n) is 1.67. The minimum Gasteiger partial charge on any atom is -0.343 e. The van der Waals surface area contributed by atoms with E-state index < -0.39 is 0 Å². The second-order valence-electron chi connectivity index (χ2n) is 4.36. The molecule has 1 amide bonds. The van der Waals surface area contributed by atoms with Gasteiger partial charge in [-0.05, 0) is 44.0 Å². The molecule has 0 aliphatic heterocycles. The van der Waals surface area contributed by atoms with Gasteiger partial charge in [-0.25, -0.2) is 4.98 Å². The summed E-state index contributed by atoms with van der Waals surface area (Å²) >= 11 is 1.55. The van der Waals surface area contributed by atoms with Gasteiger partial charge in [0, 0.05) is 17.1 Å². The molecule has 3 nitrogen and oxygen atoms in total. The first kappa shape index (κ1) is 12.8. The van der Waals surface area contributed by atoms with Gasteiger partial charge in [0.25, 0.3) is 5.91 Å². The maximum Gasteiger partial charge on any atom is 0.251 e. The van der Waals surface area contributed by atoms with E-state index in [0.29, 0.717) is 5.56 Å². The molecule has 0 saturated carbocycles. The van der Waals surface area contributed by atoms with Crippen LogP contribution in [0.3, 0.4) is 0 Å². The van der Waals surface area contributed by atoms with Gasteiger partial charge in [-0.15, -0.1) is 11.3 Å². The second-order valence-corrected chi connectivity index (χ2v) is 5.29. The zero-order valence-electron chi connectivity index (χ0n) is 10.7. The van der Waals surface area contributed by atoms with Crippen molar-refractivity contribution in [3.63, 3.8) is 0 Å². The lowest BCUT2D eigenvalue weighted by Crippen LogP contribution is -2.26. The third kappa shape index (κ3) is 2.76. The van der Waals surface area contributed by atoms with Gasteiger partial charge in [0.2, 0.25) is 0 Å². The van der Waals surface area contributed by atoms with Crippen molar-refractivity contribution in [3.8, 4) is 0 Å². The first-order chi connectivity index (χ1) is 8.58. The molecule has 1 atom stereocenters. The first-order valence-corrected chi connectivity index (χ1v) is 6.73. The number of carbonyl (C=O) groups excluding carboxylic acids is 1. The van der Waals surface area contributed by atoms with E-state index in [-0.39, 0.29) is 11.9 Å². The van der Waals surface area contributed by atoms with Crippen LogP contribution in [0.25, 0.3) is 0 Å². The van der Waals surface area contributed by atoms with Crippen molar-refractivity contribution in [2.75, 3.05) is 0 Å². The highest BCUT2D eigenvalue weighted by Crippen LogP contribution is 2.16. The number of thiazole rings is 1. The van der Waals surface area contributed by atoms with Crippen LogP contribution in [0, 0.1) is 13.8 Å². The number of hydrogen-bond acceptors (Lipinski definition) is 3. The second kappa shape index (κ2) is 5.31. The van der Waals surface area contributed by atoms with Crippen molar-refractivity contribution < 1.29 is 4.79 Å². The van der Waals surface area contributed by atoms with Gasteiger partial charge in [0.05, 0.1) is 6.04 Å². The lowest BCUT2D eigenvalue weighted by Gasteiger charge is -2.12. The Balaban J connectivity index is 2.10. The molecule has 0 aliphatic rings. The van der Waals surface area contributed by atoms with E-state index in [1.54, 1.807) is 17.5 Å². The first-order valence-electron chi connectivity index (χ1n) is 5.85. The molecule has 1 unspecified atom stereocenters. The van der Waals surface area contributed by atoms with Crippen LogP contribution in [-0.2, 0) is 0 Å². The third-order valence-corrected chi connectivity index (χ3v) is 3.90. The number of aromatic nitrogens is 1. The number of nitrogens with one attached hydrogen (secondary N) is 1. The standard InChI is InChI=1S/C14H16N2OS/c1-9-4-5-12(8-10(9)2)13(17)16-11(3)14-15-6-7-18-14/h4-8,11H,1-3H3,(H,16,17). The molecule has 0 bridgehead atoms. The van der Waals surface area contributed by atoms with Crippen molar-refractivity contribution in [2.45, 2.75) is 26.8 Å². The molecule has 0 fully saturated rings. The fourth-order valence-corrected chi connectivity index (χ4v) is 2.32. The minimum absolute atomic E-state index is 0.0548. The monoisotopic (exact) mass is 260 g/mol.